The summed E-state index contributed by atoms with van der Waals surface area (Å²) >= 11 is 0. The van der Waals surface area contributed by atoms with Gasteiger partial charge in [0.25, 0.3) is 0 Å². The average molecular weight is 251 g/mol. The Labute approximate surface area is 108 Å². The first-order chi connectivity index (χ1) is 8.72. The van der Waals surface area contributed by atoms with Crippen LogP contribution in [0.1, 0.15) is 31.7 Å². The number of hydrogen-bond acceptors (Lipinski definition) is 3. The standard InChI is InChI=1S/C14H21NO3/c1-2-3-4-9-15-10-12-5-7-13(8-6-12)18-11-14(16)17/h5-8,15H,2-4,9-11H2,1H3,(H,16,17). The Morgan fingerprint density at radius 2 is 2.00 bits per heavy atom. The number of carbonyl (C=O) groups is 1. The third-order valence-electron chi connectivity index (χ3n) is 2.57. The fourth-order valence-corrected chi connectivity index (χ4v) is 1.58. The van der Waals surface area contributed by atoms with E-state index in [1.54, 1.807) is 12.1 Å². The topological polar surface area (TPSA) is 58.6 Å². The average Bonchev–Trinajstić information content (AvgIpc) is 2.37. The Hall–Kier alpha value is -1.55. The van der Waals surface area contributed by atoms with Crippen molar-refractivity contribution in [3.63, 3.8) is 0 Å². The molecule has 18 heavy (non-hydrogen) atoms. The molecular weight excluding hydrogens is 230 g/mol. The Balaban J connectivity index is 2.25. The van der Waals surface area contributed by atoms with E-state index in [0.717, 1.165) is 13.1 Å². The highest BCUT2D eigenvalue weighted by Gasteiger charge is 1.99. The normalized spacial score (nSPS) is 10.3. The first kappa shape index (κ1) is 14.5. The minimum absolute atomic E-state index is 0.297. The van der Waals surface area contributed by atoms with Crippen LogP contribution in [0.4, 0.5) is 0 Å². The molecular formula is C14H21NO3. The quantitative estimate of drug-likeness (QED) is 0.662. The van der Waals surface area contributed by atoms with Gasteiger partial charge in [0.15, 0.2) is 6.61 Å². The largest absolute Gasteiger partial charge is 0.482 e. The summed E-state index contributed by atoms with van der Waals surface area (Å²) < 4.78 is 5.06. The van der Waals surface area contributed by atoms with Crippen LogP contribution >= 0.6 is 0 Å². The van der Waals surface area contributed by atoms with Gasteiger partial charge in [0.05, 0.1) is 0 Å². The molecule has 0 aromatic heterocycles. The van der Waals surface area contributed by atoms with Crippen LogP contribution in [0.25, 0.3) is 0 Å². The minimum atomic E-state index is -0.961. The number of hydrogen-bond donors (Lipinski definition) is 2. The molecule has 0 bridgehead atoms. The molecule has 1 rings (SSSR count). The number of carboxylic acids is 1. The second-order valence-corrected chi connectivity index (χ2v) is 4.21. The van der Waals surface area contributed by atoms with Gasteiger partial charge in [-0.1, -0.05) is 31.9 Å². The zero-order valence-corrected chi connectivity index (χ0v) is 10.8. The molecule has 0 saturated heterocycles. The Morgan fingerprint density at radius 1 is 1.28 bits per heavy atom. The lowest BCUT2D eigenvalue weighted by molar-refractivity contribution is -0.139. The molecule has 4 nitrogen and oxygen atoms in total. The number of benzene rings is 1. The van der Waals surface area contributed by atoms with Gasteiger partial charge >= 0.3 is 5.97 Å². The van der Waals surface area contributed by atoms with Gasteiger partial charge in [-0.05, 0) is 30.7 Å². The van der Waals surface area contributed by atoms with Gasteiger partial charge in [-0.3, -0.25) is 0 Å². The van der Waals surface area contributed by atoms with Crippen molar-refractivity contribution in [1.82, 2.24) is 5.32 Å². The minimum Gasteiger partial charge on any atom is -0.482 e. The fourth-order valence-electron chi connectivity index (χ4n) is 1.58. The molecule has 0 fully saturated rings. The van der Waals surface area contributed by atoms with Gasteiger partial charge in [-0.25, -0.2) is 4.79 Å². The van der Waals surface area contributed by atoms with Crippen LogP contribution in [0.3, 0.4) is 0 Å². The number of unbranched alkanes of at least 4 members (excludes halogenated alkanes) is 2. The van der Waals surface area contributed by atoms with Crippen molar-refractivity contribution in [3.05, 3.63) is 29.8 Å². The van der Waals surface area contributed by atoms with Crippen molar-refractivity contribution in [1.29, 1.82) is 0 Å². The summed E-state index contributed by atoms with van der Waals surface area (Å²) in [5.41, 5.74) is 1.18. The molecule has 1 aromatic carbocycles. The maximum absolute atomic E-state index is 10.3. The van der Waals surface area contributed by atoms with E-state index < -0.39 is 5.97 Å². The molecule has 0 aliphatic rings. The summed E-state index contributed by atoms with van der Waals surface area (Å²) in [6, 6.07) is 7.49. The monoisotopic (exact) mass is 251 g/mol. The molecule has 0 aliphatic carbocycles. The van der Waals surface area contributed by atoms with E-state index in [9.17, 15) is 4.79 Å². The molecule has 0 heterocycles. The number of ether oxygens (including phenoxy) is 1. The predicted octanol–water partition coefficient (Wildman–Crippen LogP) is 2.43. The molecule has 100 valence electrons. The third kappa shape index (κ3) is 6.25. The number of nitrogens with one attached hydrogen (secondary N) is 1. The van der Waals surface area contributed by atoms with E-state index in [1.807, 2.05) is 12.1 Å². The molecule has 4 heteroatoms. The van der Waals surface area contributed by atoms with Gasteiger partial charge in [-0.2, -0.15) is 0 Å². The number of carboxylic acid groups (broad SMARTS) is 1. The maximum Gasteiger partial charge on any atom is 0.341 e. The predicted molar refractivity (Wildman–Crippen MR) is 70.8 cm³/mol. The second kappa shape index (κ2) is 8.53. The van der Waals surface area contributed by atoms with Gasteiger partial charge in [0.1, 0.15) is 5.75 Å². The van der Waals surface area contributed by atoms with Crippen LogP contribution < -0.4 is 10.1 Å². The molecule has 2 N–H and O–H groups in total. The smallest absolute Gasteiger partial charge is 0.341 e. The van der Waals surface area contributed by atoms with Gasteiger partial charge in [-0.15, -0.1) is 0 Å². The Kier molecular flexibility index (Phi) is 6.87. The van der Waals surface area contributed by atoms with Crippen LogP contribution in [0.2, 0.25) is 0 Å². The zero-order valence-electron chi connectivity index (χ0n) is 10.8. The molecule has 0 radical (unpaired) electrons. The lowest BCUT2D eigenvalue weighted by Gasteiger charge is -2.06. The van der Waals surface area contributed by atoms with Crippen LogP contribution in [-0.2, 0) is 11.3 Å². The molecule has 0 amide bonds. The van der Waals surface area contributed by atoms with Gasteiger partial charge in [0.2, 0.25) is 0 Å². The highest BCUT2D eigenvalue weighted by atomic mass is 16.5. The molecule has 0 atom stereocenters. The summed E-state index contributed by atoms with van der Waals surface area (Å²) in [5.74, 6) is -0.371. The fraction of sp³-hybridized carbons (Fsp3) is 0.500. The zero-order chi connectivity index (χ0) is 13.2. The summed E-state index contributed by atoms with van der Waals surface area (Å²) in [6.07, 6.45) is 3.70. The summed E-state index contributed by atoms with van der Waals surface area (Å²) in [6.45, 7) is 3.76. The van der Waals surface area contributed by atoms with E-state index >= 15 is 0 Å². The summed E-state index contributed by atoms with van der Waals surface area (Å²) in [5, 5.41) is 11.9. The Bertz CT molecular complexity index is 349. The van der Waals surface area contributed by atoms with E-state index in [4.69, 9.17) is 9.84 Å². The lowest BCUT2D eigenvalue weighted by atomic mass is 10.2. The van der Waals surface area contributed by atoms with E-state index in [0.29, 0.717) is 5.75 Å². The van der Waals surface area contributed by atoms with Crippen LogP contribution in [-0.4, -0.2) is 24.2 Å². The van der Waals surface area contributed by atoms with Crippen molar-refractivity contribution in [2.45, 2.75) is 32.7 Å². The van der Waals surface area contributed by atoms with Gasteiger partial charge < -0.3 is 15.2 Å². The van der Waals surface area contributed by atoms with Gasteiger partial charge in [0, 0.05) is 6.54 Å². The van der Waals surface area contributed by atoms with Crippen molar-refractivity contribution in [2.24, 2.45) is 0 Å². The SMILES string of the molecule is CCCCCNCc1ccc(OCC(=O)O)cc1. The van der Waals surface area contributed by atoms with E-state index in [1.165, 1.54) is 24.8 Å². The highest BCUT2D eigenvalue weighted by Crippen LogP contribution is 2.11. The van der Waals surface area contributed by atoms with Crippen LogP contribution in [0, 0.1) is 0 Å². The van der Waals surface area contributed by atoms with Crippen molar-refractivity contribution >= 4 is 5.97 Å². The van der Waals surface area contributed by atoms with Crippen LogP contribution in [0.5, 0.6) is 5.75 Å². The van der Waals surface area contributed by atoms with Crippen molar-refractivity contribution in [2.75, 3.05) is 13.2 Å². The first-order valence-electron chi connectivity index (χ1n) is 6.36. The lowest BCUT2D eigenvalue weighted by Crippen LogP contribution is -2.14. The first-order valence-corrected chi connectivity index (χ1v) is 6.36. The third-order valence-corrected chi connectivity index (χ3v) is 2.57. The molecule has 0 saturated carbocycles. The molecule has 0 aliphatic heterocycles. The molecule has 1 aromatic rings. The second-order valence-electron chi connectivity index (χ2n) is 4.21. The highest BCUT2D eigenvalue weighted by molar-refractivity contribution is 5.68. The van der Waals surface area contributed by atoms with E-state index in [2.05, 4.69) is 12.2 Å². The van der Waals surface area contributed by atoms with Crippen LogP contribution in [0.15, 0.2) is 24.3 Å². The molecule has 0 spiro atoms. The molecule has 0 unspecified atom stereocenters. The maximum atomic E-state index is 10.3. The summed E-state index contributed by atoms with van der Waals surface area (Å²) in [4.78, 5) is 10.3. The summed E-state index contributed by atoms with van der Waals surface area (Å²) in [7, 11) is 0. The van der Waals surface area contributed by atoms with E-state index in [-0.39, 0.29) is 6.61 Å². The number of aliphatic carboxylic acids is 1. The van der Waals surface area contributed by atoms with Crippen molar-refractivity contribution < 1.29 is 14.6 Å². The Morgan fingerprint density at radius 3 is 2.61 bits per heavy atom. The number of rotatable bonds is 9. The van der Waals surface area contributed by atoms with Crippen molar-refractivity contribution in [3.8, 4) is 5.75 Å².